The first kappa shape index (κ1) is 29.1. The van der Waals surface area contributed by atoms with Gasteiger partial charge in [-0.3, -0.25) is 0 Å². The molecule has 0 saturated heterocycles. The third-order valence-electron chi connectivity index (χ3n) is 9.57. The van der Waals surface area contributed by atoms with Gasteiger partial charge < -0.3 is 8.83 Å². The molecule has 0 unspecified atom stereocenters. The third kappa shape index (κ3) is 5.15. The summed E-state index contributed by atoms with van der Waals surface area (Å²) in [7, 11) is 0. The van der Waals surface area contributed by atoms with Crippen molar-refractivity contribution in [2.45, 2.75) is 6.42 Å². The van der Waals surface area contributed by atoms with Gasteiger partial charge in [0.05, 0.1) is 5.56 Å². The molecule has 0 N–H and O–H groups in total. The predicted molar refractivity (Wildman–Crippen MR) is 207 cm³/mol. The van der Waals surface area contributed by atoms with Gasteiger partial charge in [-0.05, 0) is 71.1 Å². The molecule has 51 heavy (non-hydrogen) atoms. The monoisotopic (exact) mass is 655 g/mol. The molecule has 0 saturated carbocycles. The Bertz CT molecular complexity index is 2820. The van der Waals surface area contributed by atoms with E-state index in [0.29, 0.717) is 17.5 Å². The van der Waals surface area contributed by atoms with Crippen LogP contribution in [-0.2, 0) is 0 Å². The van der Waals surface area contributed by atoms with Gasteiger partial charge in [-0.2, -0.15) is 0 Å². The molecule has 3 aromatic heterocycles. The molecule has 6 aromatic carbocycles. The van der Waals surface area contributed by atoms with Crippen LogP contribution in [0.3, 0.4) is 0 Å². The molecule has 0 fully saturated rings. The van der Waals surface area contributed by atoms with E-state index >= 15 is 0 Å². The number of rotatable bonds is 5. The van der Waals surface area contributed by atoms with E-state index in [1.165, 1.54) is 11.1 Å². The molecule has 5 nitrogen and oxygen atoms in total. The summed E-state index contributed by atoms with van der Waals surface area (Å²) < 4.78 is 12.6. The molecule has 3 heterocycles. The molecule has 1 aliphatic rings. The molecule has 0 amide bonds. The average Bonchev–Trinajstić information content (AvgIpc) is 3.66. The lowest BCUT2D eigenvalue weighted by molar-refractivity contribution is 0.603. The Labute approximate surface area is 293 Å². The smallest absolute Gasteiger partial charge is 0.167 e. The first-order valence-corrected chi connectivity index (χ1v) is 17.1. The van der Waals surface area contributed by atoms with Crippen molar-refractivity contribution >= 4 is 45.1 Å². The van der Waals surface area contributed by atoms with Crippen LogP contribution in [0.25, 0.3) is 101 Å². The van der Waals surface area contributed by atoms with Crippen LogP contribution >= 0.6 is 0 Å². The van der Waals surface area contributed by atoms with Crippen molar-refractivity contribution in [3.8, 4) is 56.4 Å². The van der Waals surface area contributed by atoms with E-state index in [-0.39, 0.29) is 0 Å². The van der Waals surface area contributed by atoms with Crippen LogP contribution in [0.2, 0.25) is 0 Å². The van der Waals surface area contributed by atoms with Crippen LogP contribution < -0.4 is 0 Å². The molecule has 0 bridgehead atoms. The maximum absolute atomic E-state index is 6.43. The molecular formula is C46H29N3O2. The molecule has 9 aromatic rings. The van der Waals surface area contributed by atoms with Gasteiger partial charge in [0.25, 0.3) is 0 Å². The van der Waals surface area contributed by atoms with E-state index in [2.05, 4.69) is 109 Å². The summed E-state index contributed by atoms with van der Waals surface area (Å²) in [5.41, 5.74) is 10.7. The standard InChI is InChI=1S/C46H29N3O2/c1-3-11-29(12-4-1)32-13-9-14-33(27-32)30-21-23-31(24-22-30)44-47-45(34-25-26-42-39(28-34)36-15-5-2-6-19-40(36)50-42)49-46(48-44)38-18-10-17-37-35-16-7-8-20-41(35)51-43(37)38/h1,3-28H,2H2. The second-order valence-corrected chi connectivity index (χ2v) is 12.7. The Kier molecular flexibility index (Phi) is 6.81. The number of hydrogen-bond donors (Lipinski definition) is 0. The Morgan fingerprint density at radius 3 is 1.90 bits per heavy atom. The van der Waals surface area contributed by atoms with Crippen LogP contribution in [0, 0.1) is 0 Å². The second kappa shape index (κ2) is 11.9. The zero-order valence-corrected chi connectivity index (χ0v) is 27.5. The number of hydrogen-bond acceptors (Lipinski definition) is 5. The van der Waals surface area contributed by atoms with Gasteiger partial charge in [0.2, 0.25) is 0 Å². The maximum atomic E-state index is 6.43. The van der Waals surface area contributed by atoms with Gasteiger partial charge in [0, 0.05) is 32.8 Å². The normalized spacial score (nSPS) is 12.5. The molecule has 0 radical (unpaired) electrons. The topological polar surface area (TPSA) is 65.0 Å². The van der Waals surface area contributed by atoms with Gasteiger partial charge in [0.1, 0.15) is 22.5 Å². The summed E-state index contributed by atoms with van der Waals surface area (Å²) >= 11 is 0. The van der Waals surface area contributed by atoms with Gasteiger partial charge in [-0.1, -0.05) is 121 Å². The minimum Gasteiger partial charge on any atom is -0.456 e. The van der Waals surface area contributed by atoms with Crippen molar-refractivity contribution in [3.05, 3.63) is 163 Å². The fourth-order valence-electron chi connectivity index (χ4n) is 7.01. The molecule has 5 heteroatoms. The number of fused-ring (bicyclic) bond motifs is 6. The highest BCUT2D eigenvalue weighted by molar-refractivity contribution is 6.09. The zero-order chi connectivity index (χ0) is 33.7. The average molecular weight is 656 g/mol. The zero-order valence-electron chi connectivity index (χ0n) is 27.5. The summed E-state index contributed by atoms with van der Waals surface area (Å²) in [6.45, 7) is 0. The van der Waals surface area contributed by atoms with Crippen molar-refractivity contribution in [1.29, 1.82) is 0 Å². The first-order valence-electron chi connectivity index (χ1n) is 17.1. The summed E-state index contributed by atoms with van der Waals surface area (Å²) in [5.74, 6) is 2.57. The van der Waals surface area contributed by atoms with E-state index < -0.39 is 0 Å². The van der Waals surface area contributed by atoms with Crippen LogP contribution in [0.5, 0.6) is 0 Å². The lowest BCUT2D eigenvalue weighted by Crippen LogP contribution is -2.00. The van der Waals surface area contributed by atoms with Crippen LogP contribution in [-0.4, -0.2) is 15.0 Å². The second-order valence-electron chi connectivity index (χ2n) is 12.7. The highest BCUT2D eigenvalue weighted by Crippen LogP contribution is 2.37. The number of benzene rings is 6. The SMILES string of the molecule is C1=Cc2oc3ccc(-c4nc(-c5ccc(-c6cccc(-c7ccccc7)c6)cc5)nc(-c5cccc6c5oc5ccccc56)n4)cc3c2C=CC1. The van der Waals surface area contributed by atoms with Gasteiger partial charge in [0.15, 0.2) is 17.5 Å². The number of furan rings is 2. The molecule has 0 spiro atoms. The van der Waals surface area contributed by atoms with Crippen molar-refractivity contribution < 1.29 is 8.83 Å². The summed E-state index contributed by atoms with van der Waals surface area (Å²) in [5, 5.41) is 3.11. The van der Waals surface area contributed by atoms with E-state index in [1.807, 2.05) is 54.6 Å². The van der Waals surface area contributed by atoms with Crippen molar-refractivity contribution in [1.82, 2.24) is 15.0 Å². The lowest BCUT2D eigenvalue weighted by atomic mass is 9.98. The van der Waals surface area contributed by atoms with Crippen LogP contribution in [0.1, 0.15) is 17.7 Å². The van der Waals surface area contributed by atoms with E-state index in [4.69, 9.17) is 23.8 Å². The van der Waals surface area contributed by atoms with Crippen LogP contribution in [0.15, 0.2) is 161 Å². The number of aromatic nitrogens is 3. The fourth-order valence-corrected chi connectivity index (χ4v) is 7.01. The van der Waals surface area contributed by atoms with Crippen molar-refractivity contribution in [2.24, 2.45) is 0 Å². The van der Waals surface area contributed by atoms with Gasteiger partial charge >= 0.3 is 0 Å². The lowest BCUT2D eigenvalue weighted by Gasteiger charge is -2.10. The molecule has 0 atom stereocenters. The van der Waals surface area contributed by atoms with E-state index in [1.54, 1.807) is 0 Å². The van der Waals surface area contributed by atoms with Crippen molar-refractivity contribution in [3.63, 3.8) is 0 Å². The highest BCUT2D eigenvalue weighted by atomic mass is 16.3. The van der Waals surface area contributed by atoms with Gasteiger partial charge in [-0.15, -0.1) is 0 Å². The first-order chi connectivity index (χ1) is 25.2. The number of nitrogens with zero attached hydrogens (tertiary/aromatic N) is 3. The van der Waals surface area contributed by atoms with Crippen molar-refractivity contribution in [2.75, 3.05) is 0 Å². The highest BCUT2D eigenvalue weighted by Gasteiger charge is 2.19. The minimum atomic E-state index is 0.549. The maximum Gasteiger partial charge on any atom is 0.167 e. The number of allylic oxidation sites excluding steroid dienone is 2. The van der Waals surface area contributed by atoms with Crippen LogP contribution in [0.4, 0.5) is 0 Å². The Morgan fingerprint density at radius 1 is 0.412 bits per heavy atom. The Morgan fingerprint density at radius 2 is 1.04 bits per heavy atom. The molecule has 1 aliphatic carbocycles. The molecule has 10 rings (SSSR count). The molecular weight excluding hydrogens is 627 g/mol. The summed E-state index contributed by atoms with van der Waals surface area (Å²) in [6, 6.07) is 47.9. The minimum absolute atomic E-state index is 0.549. The third-order valence-corrected chi connectivity index (χ3v) is 9.57. The summed E-state index contributed by atoms with van der Waals surface area (Å²) in [4.78, 5) is 15.3. The summed E-state index contributed by atoms with van der Waals surface area (Å²) in [6.07, 6.45) is 9.31. The molecule has 0 aliphatic heterocycles. The molecule has 240 valence electrons. The fraction of sp³-hybridized carbons (Fsp3) is 0.0217. The van der Waals surface area contributed by atoms with Gasteiger partial charge in [-0.25, -0.2) is 15.0 Å². The quantitative estimate of drug-likeness (QED) is 0.185. The predicted octanol–water partition coefficient (Wildman–Crippen LogP) is 12.3. The van der Waals surface area contributed by atoms with E-state index in [9.17, 15) is 0 Å². The Balaban J connectivity index is 1.12. The largest absolute Gasteiger partial charge is 0.456 e. The number of para-hydroxylation sites is 2. The van der Waals surface area contributed by atoms with E-state index in [0.717, 1.165) is 78.5 Å². The Hall–Kier alpha value is -6.85.